The molecule has 0 bridgehead atoms. The number of benzene rings is 2. The molecule has 0 unspecified atom stereocenters. The zero-order valence-corrected chi connectivity index (χ0v) is 14.7. The van der Waals surface area contributed by atoms with Crippen LogP contribution in [-0.4, -0.2) is 35.3 Å². The molecule has 144 valence electrons. The number of halogens is 4. The lowest BCUT2D eigenvalue weighted by Gasteiger charge is -2.23. The zero-order chi connectivity index (χ0) is 19.4. The molecule has 7 heteroatoms. The summed E-state index contributed by atoms with van der Waals surface area (Å²) in [6.45, 7) is 1.68. The van der Waals surface area contributed by atoms with E-state index in [-0.39, 0.29) is 30.3 Å². The van der Waals surface area contributed by atoms with E-state index >= 15 is 0 Å². The van der Waals surface area contributed by atoms with E-state index in [1.54, 1.807) is 23.1 Å². The van der Waals surface area contributed by atoms with Crippen molar-refractivity contribution in [3.63, 3.8) is 0 Å². The fourth-order valence-corrected chi connectivity index (χ4v) is 3.27. The number of hydrogen-bond acceptors (Lipinski definition) is 2. The molecule has 2 aromatic rings. The van der Waals surface area contributed by atoms with Crippen molar-refractivity contribution in [1.82, 2.24) is 9.80 Å². The summed E-state index contributed by atoms with van der Waals surface area (Å²) in [5.74, 6) is -0.439. The minimum Gasteiger partial charge on any atom is -0.337 e. The highest BCUT2D eigenvalue weighted by Gasteiger charge is 2.33. The number of rotatable bonds is 4. The number of carbonyl (C=O) groups is 1. The van der Waals surface area contributed by atoms with Gasteiger partial charge in [0.15, 0.2) is 0 Å². The fraction of sp³-hybridized carbons (Fsp3) is 0.350. The summed E-state index contributed by atoms with van der Waals surface area (Å²) in [6, 6.07) is 11.6. The summed E-state index contributed by atoms with van der Waals surface area (Å²) in [5.41, 5.74) is 0.257. The molecular formula is C20H20F4N2O. The van der Waals surface area contributed by atoms with Gasteiger partial charge in [0.2, 0.25) is 5.91 Å². The van der Waals surface area contributed by atoms with Gasteiger partial charge in [0, 0.05) is 39.1 Å². The Morgan fingerprint density at radius 2 is 1.70 bits per heavy atom. The summed E-state index contributed by atoms with van der Waals surface area (Å²) < 4.78 is 52.8. The maximum Gasteiger partial charge on any atom is 0.416 e. The Labute approximate surface area is 155 Å². The predicted octanol–water partition coefficient (Wildman–Crippen LogP) is 4.08. The molecule has 0 saturated carbocycles. The Hall–Kier alpha value is -2.41. The molecule has 2 aromatic carbocycles. The SMILES string of the molecule is O=C1CCN(Cc2ccccc2C(F)(F)F)CCN1Cc1cccc(F)c1. The molecule has 0 radical (unpaired) electrons. The van der Waals surface area contributed by atoms with Crippen LogP contribution in [0.3, 0.4) is 0 Å². The van der Waals surface area contributed by atoms with Gasteiger partial charge in [-0.1, -0.05) is 30.3 Å². The molecule has 27 heavy (non-hydrogen) atoms. The quantitative estimate of drug-likeness (QED) is 0.747. The number of alkyl halides is 3. The van der Waals surface area contributed by atoms with Gasteiger partial charge in [-0.3, -0.25) is 9.69 Å². The van der Waals surface area contributed by atoms with E-state index in [0.717, 1.165) is 6.07 Å². The Bertz CT molecular complexity index is 807. The number of hydrogen-bond donors (Lipinski definition) is 0. The van der Waals surface area contributed by atoms with Gasteiger partial charge in [-0.2, -0.15) is 13.2 Å². The van der Waals surface area contributed by atoms with E-state index in [4.69, 9.17) is 0 Å². The van der Waals surface area contributed by atoms with Crippen LogP contribution in [0.25, 0.3) is 0 Å². The smallest absolute Gasteiger partial charge is 0.337 e. The maximum atomic E-state index is 13.3. The summed E-state index contributed by atoms with van der Waals surface area (Å²) in [5, 5.41) is 0. The lowest BCUT2D eigenvalue weighted by Crippen LogP contribution is -2.33. The molecule has 1 aliphatic heterocycles. The summed E-state index contributed by atoms with van der Waals surface area (Å²) in [6.07, 6.45) is -4.18. The Kier molecular flexibility index (Phi) is 5.79. The number of amides is 1. The largest absolute Gasteiger partial charge is 0.416 e. The van der Waals surface area contributed by atoms with E-state index in [1.165, 1.54) is 24.3 Å². The molecule has 1 heterocycles. The molecule has 3 rings (SSSR count). The molecule has 0 aromatic heterocycles. The second kappa shape index (κ2) is 8.08. The molecule has 1 aliphatic rings. The van der Waals surface area contributed by atoms with Crippen molar-refractivity contribution in [2.45, 2.75) is 25.7 Å². The topological polar surface area (TPSA) is 23.6 Å². The Morgan fingerprint density at radius 3 is 2.44 bits per heavy atom. The van der Waals surface area contributed by atoms with E-state index in [2.05, 4.69) is 0 Å². The second-order valence-corrected chi connectivity index (χ2v) is 6.63. The fourth-order valence-electron chi connectivity index (χ4n) is 3.27. The normalized spacial score (nSPS) is 16.4. The highest BCUT2D eigenvalue weighted by Crippen LogP contribution is 2.32. The van der Waals surface area contributed by atoms with Crippen LogP contribution in [0.4, 0.5) is 17.6 Å². The standard InChI is InChI=1S/C20H20F4N2O/c21-17-6-3-4-15(12-17)13-26-11-10-25(9-8-19(26)27)14-16-5-1-2-7-18(16)20(22,23)24/h1-7,12H,8-11,13-14H2. The summed E-state index contributed by atoms with van der Waals surface area (Å²) in [7, 11) is 0. The number of nitrogens with zero attached hydrogens (tertiary/aromatic N) is 2. The monoisotopic (exact) mass is 380 g/mol. The lowest BCUT2D eigenvalue weighted by atomic mass is 10.1. The van der Waals surface area contributed by atoms with Crippen molar-refractivity contribution < 1.29 is 22.4 Å². The van der Waals surface area contributed by atoms with Crippen LogP contribution in [0.1, 0.15) is 23.1 Å². The highest BCUT2D eigenvalue weighted by molar-refractivity contribution is 5.76. The van der Waals surface area contributed by atoms with Crippen molar-refractivity contribution >= 4 is 5.91 Å². The van der Waals surface area contributed by atoms with Gasteiger partial charge in [0.05, 0.1) is 5.56 Å². The third-order valence-corrected chi connectivity index (χ3v) is 4.66. The number of carbonyl (C=O) groups excluding carboxylic acids is 1. The Morgan fingerprint density at radius 1 is 0.926 bits per heavy atom. The van der Waals surface area contributed by atoms with Gasteiger partial charge < -0.3 is 4.90 Å². The minimum absolute atomic E-state index is 0.0779. The molecule has 3 nitrogen and oxygen atoms in total. The van der Waals surface area contributed by atoms with Gasteiger partial charge in [-0.05, 0) is 29.3 Å². The van der Waals surface area contributed by atoms with Gasteiger partial charge in [-0.15, -0.1) is 0 Å². The van der Waals surface area contributed by atoms with Crippen molar-refractivity contribution in [1.29, 1.82) is 0 Å². The lowest BCUT2D eigenvalue weighted by molar-refractivity contribution is -0.138. The predicted molar refractivity (Wildman–Crippen MR) is 93.2 cm³/mol. The average molecular weight is 380 g/mol. The first-order chi connectivity index (χ1) is 12.8. The molecule has 0 atom stereocenters. The Balaban J connectivity index is 1.67. The van der Waals surface area contributed by atoms with Crippen LogP contribution in [0, 0.1) is 5.82 Å². The van der Waals surface area contributed by atoms with Crippen LogP contribution in [0.2, 0.25) is 0 Å². The third kappa shape index (κ3) is 5.07. The van der Waals surface area contributed by atoms with Crippen molar-refractivity contribution in [3.8, 4) is 0 Å². The molecule has 1 fully saturated rings. The third-order valence-electron chi connectivity index (χ3n) is 4.66. The van der Waals surface area contributed by atoms with E-state index in [1.807, 2.05) is 4.90 Å². The molecule has 0 spiro atoms. The molecule has 1 amide bonds. The van der Waals surface area contributed by atoms with Gasteiger partial charge in [0.25, 0.3) is 0 Å². The second-order valence-electron chi connectivity index (χ2n) is 6.63. The molecular weight excluding hydrogens is 360 g/mol. The van der Waals surface area contributed by atoms with Crippen LogP contribution in [-0.2, 0) is 24.1 Å². The van der Waals surface area contributed by atoms with E-state index in [9.17, 15) is 22.4 Å². The first-order valence-electron chi connectivity index (χ1n) is 8.72. The molecule has 1 saturated heterocycles. The average Bonchev–Trinajstić information content (AvgIpc) is 2.77. The van der Waals surface area contributed by atoms with Crippen LogP contribution < -0.4 is 0 Å². The van der Waals surface area contributed by atoms with Gasteiger partial charge in [-0.25, -0.2) is 4.39 Å². The molecule has 0 N–H and O–H groups in total. The minimum atomic E-state index is -4.40. The zero-order valence-electron chi connectivity index (χ0n) is 14.7. The van der Waals surface area contributed by atoms with Crippen molar-refractivity contribution in [2.24, 2.45) is 0 Å². The van der Waals surface area contributed by atoms with E-state index < -0.39 is 11.7 Å². The van der Waals surface area contributed by atoms with Crippen LogP contribution in [0.5, 0.6) is 0 Å². The van der Waals surface area contributed by atoms with Crippen LogP contribution in [0.15, 0.2) is 48.5 Å². The highest BCUT2D eigenvalue weighted by atomic mass is 19.4. The summed E-state index contributed by atoms with van der Waals surface area (Å²) in [4.78, 5) is 15.8. The van der Waals surface area contributed by atoms with Gasteiger partial charge in [0.1, 0.15) is 5.82 Å². The molecule has 0 aliphatic carbocycles. The van der Waals surface area contributed by atoms with Gasteiger partial charge >= 0.3 is 6.18 Å². The van der Waals surface area contributed by atoms with Crippen LogP contribution >= 0.6 is 0 Å². The summed E-state index contributed by atoms with van der Waals surface area (Å²) >= 11 is 0. The van der Waals surface area contributed by atoms with Crippen molar-refractivity contribution in [2.75, 3.05) is 19.6 Å². The van der Waals surface area contributed by atoms with Crippen molar-refractivity contribution in [3.05, 3.63) is 71.0 Å². The van der Waals surface area contributed by atoms with E-state index in [0.29, 0.717) is 31.7 Å². The first-order valence-corrected chi connectivity index (χ1v) is 8.72. The maximum absolute atomic E-state index is 13.3. The first kappa shape index (κ1) is 19.4.